The fraction of sp³-hybridized carbons (Fsp3) is 0.0952. The lowest BCUT2D eigenvalue weighted by atomic mass is 9.99. The van der Waals surface area contributed by atoms with Gasteiger partial charge < -0.3 is 15.0 Å². The predicted octanol–water partition coefficient (Wildman–Crippen LogP) is 3.28. The minimum atomic E-state index is -0.325. The Kier molecular flexibility index (Phi) is 3.43. The summed E-state index contributed by atoms with van der Waals surface area (Å²) in [5.74, 6) is -0.482. The highest BCUT2D eigenvalue weighted by Crippen LogP contribution is 2.36. The van der Waals surface area contributed by atoms with E-state index in [9.17, 15) is 9.59 Å². The summed E-state index contributed by atoms with van der Waals surface area (Å²) in [4.78, 5) is 31.6. The zero-order valence-corrected chi connectivity index (χ0v) is 14.3. The molecule has 1 amide bonds. The third-order valence-corrected chi connectivity index (χ3v) is 4.91. The highest BCUT2D eigenvalue weighted by atomic mass is 16.5. The van der Waals surface area contributed by atoms with E-state index < -0.39 is 0 Å². The van der Waals surface area contributed by atoms with Crippen molar-refractivity contribution in [3.05, 3.63) is 71.3 Å². The van der Waals surface area contributed by atoms with Gasteiger partial charge in [-0.25, -0.2) is 4.79 Å². The van der Waals surface area contributed by atoms with Gasteiger partial charge in [-0.3, -0.25) is 9.78 Å². The minimum Gasteiger partial charge on any atom is -0.462 e. The van der Waals surface area contributed by atoms with Crippen molar-refractivity contribution >= 4 is 29.2 Å². The number of benzene rings is 1. The smallest absolute Gasteiger partial charge is 0.339 e. The molecule has 0 aliphatic carbocycles. The highest BCUT2D eigenvalue weighted by Gasteiger charge is 2.27. The number of rotatable bonds is 2. The van der Waals surface area contributed by atoms with E-state index in [4.69, 9.17) is 4.74 Å². The SMILES string of the molecule is O=C1Nc2cc(-c3cccnc3)ccc2/C1=C/c1[nH]cc2c1CCOC2=O. The fourth-order valence-corrected chi connectivity index (χ4v) is 3.57. The van der Waals surface area contributed by atoms with Crippen LogP contribution in [-0.4, -0.2) is 28.5 Å². The molecule has 6 nitrogen and oxygen atoms in total. The van der Waals surface area contributed by atoms with Gasteiger partial charge >= 0.3 is 5.97 Å². The first-order valence-corrected chi connectivity index (χ1v) is 8.66. The van der Waals surface area contributed by atoms with Crippen LogP contribution in [0, 0.1) is 0 Å². The van der Waals surface area contributed by atoms with Crippen LogP contribution in [0.15, 0.2) is 48.9 Å². The molecule has 2 aromatic heterocycles. The summed E-state index contributed by atoms with van der Waals surface area (Å²) in [6, 6.07) is 9.72. The largest absolute Gasteiger partial charge is 0.462 e. The van der Waals surface area contributed by atoms with E-state index in [0.29, 0.717) is 24.2 Å². The minimum absolute atomic E-state index is 0.157. The molecule has 4 heterocycles. The molecule has 2 N–H and O–H groups in total. The second kappa shape index (κ2) is 5.95. The molecule has 27 heavy (non-hydrogen) atoms. The second-order valence-electron chi connectivity index (χ2n) is 6.49. The first-order valence-electron chi connectivity index (χ1n) is 8.66. The van der Waals surface area contributed by atoms with Crippen LogP contribution in [0.2, 0.25) is 0 Å². The first-order chi connectivity index (χ1) is 13.2. The van der Waals surface area contributed by atoms with Gasteiger partial charge in [-0.15, -0.1) is 0 Å². The van der Waals surface area contributed by atoms with E-state index in [0.717, 1.165) is 33.6 Å². The number of esters is 1. The van der Waals surface area contributed by atoms with E-state index in [2.05, 4.69) is 15.3 Å². The third kappa shape index (κ3) is 2.54. The van der Waals surface area contributed by atoms with Gasteiger partial charge in [-0.1, -0.05) is 18.2 Å². The summed E-state index contributed by atoms with van der Waals surface area (Å²) >= 11 is 0. The number of carbonyl (C=O) groups excluding carboxylic acids is 2. The molecular weight excluding hydrogens is 342 g/mol. The number of aromatic nitrogens is 2. The molecule has 0 unspecified atom stereocenters. The molecule has 0 spiro atoms. The molecule has 0 atom stereocenters. The Labute approximate surface area is 154 Å². The third-order valence-electron chi connectivity index (χ3n) is 4.91. The molecule has 6 heteroatoms. The zero-order chi connectivity index (χ0) is 18.4. The Hall–Kier alpha value is -3.67. The lowest BCUT2D eigenvalue weighted by Crippen LogP contribution is -2.16. The van der Waals surface area contributed by atoms with Crippen molar-refractivity contribution in [3.63, 3.8) is 0 Å². The summed E-state index contributed by atoms with van der Waals surface area (Å²) in [6.45, 7) is 0.358. The maximum Gasteiger partial charge on any atom is 0.339 e. The van der Waals surface area contributed by atoms with Crippen molar-refractivity contribution in [2.45, 2.75) is 6.42 Å². The number of aromatic amines is 1. The van der Waals surface area contributed by atoms with Crippen molar-refractivity contribution in [2.24, 2.45) is 0 Å². The lowest BCUT2D eigenvalue weighted by molar-refractivity contribution is -0.110. The second-order valence-corrected chi connectivity index (χ2v) is 6.49. The van der Waals surface area contributed by atoms with E-state index in [1.165, 1.54) is 0 Å². The average Bonchev–Trinajstić information content (AvgIpc) is 3.24. The van der Waals surface area contributed by atoms with E-state index in [-0.39, 0.29) is 11.9 Å². The molecule has 0 saturated carbocycles. The molecule has 1 aromatic carbocycles. The summed E-state index contributed by atoms with van der Waals surface area (Å²) in [5, 5.41) is 2.93. The van der Waals surface area contributed by atoms with Crippen LogP contribution >= 0.6 is 0 Å². The van der Waals surface area contributed by atoms with Gasteiger partial charge in [0.25, 0.3) is 5.91 Å². The molecule has 2 aliphatic heterocycles. The van der Waals surface area contributed by atoms with E-state index in [1.807, 2.05) is 36.4 Å². The average molecular weight is 357 g/mol. The molecule has 0 radical (unpaired) electrons. The summed E-state index contributed by atoms with van der Waals surface area (Å²) in [6.07, 6.45) is 7.61. The lowest BCUT2D eigenvalue weighted by Gasteiger charge is -2.12. The van der Waals surface area contributed by atoms with Crippen molar-refractivity contribution < 1.29 is 14.3 Å². The number of hydrogen-bond acceptors (Lipinski definition) is 4. The van der Waals surface area contributed by atoms with Crippen molar-refractivity contribution in [1.29, 1.82) is 0 Å². The van der Waals surface area contributed by atoms with Gasteiger partial charge in [0, 0.05) is 47.5 Å². The van der Waals surface area contributed by atoms with Crippen molar-refractivity contribution in [2.75, 3.05) is 11.9 Å². The van der Waals surface area contributed by atoms with Crippen LogP contribution in [0.3, 0.4) is 0 Å². The Balaban J connectivity index is 1.56. The molecule has 3 aromatic rings. The van der Waals surface area contributed by atoms with Crippen LogP contribution in [0.25, 0.3) is 22.8 Å². The number of anilines is 1. The number of fused-ring (bicyclic) bond motifs is 2. The van der Waals surface area contributed by atoms with Crippen molar-refractivity contribution in [1.82, 2.24) is 9.97 Å². The number of pyridine rings is 1. The van der Waals surface area contributed by atoms with Gasteiger partial charge in [0.2, 0.25) is 0 Å². The molecule has 2 aliphatic rings. The Bertz CT molecular complexity index is 1110. The summed E-state index contributed by atoms with van der Waals surface area (Å²) in [5.41, 5.74) is 6.38. The Morgan fingerprint density at radius 3 is 2.89 bits per heavy atom. The van der Waals surface area contributed by atoms with Crippen LogP contribution in [0.4, 0.5) is 5.69 Å². The van der Waals surface area contributed by atoms with Gasteiger partial charge in [-0.2, -0.15) is 0 Å². The summed E-state index contributed by atoms with van der Waals surface area (Å²) < 4.78 is 5.06. The number of cyclic esters (lactones) is 1. The van der Waals surface area contributed by atoms with Gasteiger partial charge in [0.1, 0.15) is 0 Å². The Morgan fingerprint density at radius 1 is 1.11 bits per heavy atom. The topological polar surface area (TPSA) is 84.1 Å². The maximum atomic E-state index is 12.5. The predicted molar refractivity (Wildman–Crippen MR) is 101 cm³/mol. The van der Waals surface area contributed by atoms with E-state index >= 15 is 0 Å². The normalized spacial score (nSPS) is 16.7. The van der Waals surface area contributed by atoms with Crippen LogP contribution in [-0.2, 0) is 16.0 Å². The van der Waals surface area contributed by atoms with Crippen LogP contribution in [0.5, 0.6) is 0 Å². The Morgan fingerprint density at radius 2 is 2.04 bits per heavy atom. The van der Waals surface area contributed by atoms with Crippen molar-refractivity contribution in [3.8, 4) is 11.1 Å². The summed E-state index contributed by atoms with van der Waals surface area (Å²) in [7, 11) is 0. The number of carbonyl (C=O) groups is 2. The molecule has 132 valence electrons. The maximum absolute atomic E-state index is 12.5. The number of ether oxygens (including phenoxy) is 1. The monoisotopic (exact) mass is 357 g/mol. The van der Waals surface area contributed by atoms with Gasteiger partial charge in [-0.05, 0) is 29.3 Å². The number of nitrogens with one attached hydrogen (secondary N) is 2. The van der Waals surface area contributed by atoms with E-state index in [1.54, 1.807) is 18.6 Å². The standard InChI is InChI=1S/C21H15N3O3/c25-20-16(9-18-15-5-7-27-21(26)17(15)11-23-18)14-4-3-12(8-19(14)24-20)13-2-1-6-22-10-13/h1-4,6,8-11,23H,5,7H2,(H,24,25)/b16-9-. The molecule has 0 saturated heterocycles. The molecule has 0 bridgehead atoms. The molecule has 5 rings (SSSR count). The van der Waals surface area contributed by atoms with Gasteiger partial charge in [0.05, 0.1) is 17.7 Å². The van der Waals surface area contributed by atoms with Crippen LogP contribution < -0.4 is 5.32 Å². The molecular formula is C21H15N3O3. The highest BCUT2D eigenvalue weighted by molar-refractivity contribution is 6.35. The quantitative estimate of drug-likeness (QED) is 0.544. The fourth-order valence-electron chi connectivity index (χ4n) is 3.57. The molecule has 0 fully saturated rings. The number of H-pyrrole nitrogens is 1. The first kappa shape index (κ1) is 15.6. The van der Waals surface area contributed by atoms with Crippen LogP contribution in [0.1, 0.15) is 27.2 Å². The van der Waals surface area contributed by atoms with Gasteiger partial charge in [0.15, 0.2) is 0 Å². The number of nitrogens with zero attached hydrogens (tertiary/aromatic N) is 1. The zero-order valence-electron chi connectivity index (χ0n) is 14.3. The number of amides is 1. The number of hydrogen-bond donors (Lipinski definition) is 2.